The van der Waals surface area contributed by atoms with Crippen LogP contribution < -0.4 is 4.74 Å². The molecule has 2 rings (SSSR count). The molecule has 0 heterocycles. The molecule has 0 radical (unpaired) electrons. The molecule has 0 saturated carbocycles. The fraction of sp³-hybridized carbons (Fsp3) is 0.400. The van der Waals surface area contributed by atoms with Crippen molar-refractivity contribution < 1.29 is 19.7 Å². The Hall–Kier alpha value is -2.46. The van der Waals surface area contributed by atoms with E-state index in [1.54, 1.807) is 30.3 Å². The summed E-state index contributed by atoms with van der Waals surface area (Å²) in [6.45, 7) is 2.73. The van der Waals surface area contributed by atoms with Crippen LogP contribution in [0.2, 0.25) is 5.02 Å². The lowest BCUT2D eigenvalue weighted by atomic mass is 10.1. The van der Waals surface area contributed by atoms with Crippen LogP contribution >= 0.6 is 11.6 Å². The second-order valence-electron chi connectivity index (χ2n) is 7.38. The quantitative estimate of drug-likeness (QED) is 0.201. The van der Waals surface area contributed by atoms with Gasteiger partial charge in [0.2, 0.25) is 0 Å². The maximum Gasteiger partial charge on any atom is 0.193 e. The van der Waals surface area contributed by atoms with E-state index in [0.717, 1.165) is 12.8 Å². The average molecular weight is 431 g/mol. The maximum absolute atomic E-state index is 12.7. The molecule has 162 valence electrons. The predicted octanol–water partition coefficient (Wildman–Crippen LogP) is 7.17. The molecule has 5 heteroatoms. The van der Waals surface area contributed by atoms with Gasteiger partial charge in [0.25, 0.3) is 0 Å². The first-order valence-electron chi connectivity index (χ1n) is 10.7. The second-order valence-corrected chi connectivity index (χ2v) is 7.79. The van der Waals surface area contributed by atoms with Crippen molar-refractivity contribution in [3.63, 3.8) is 0 Å². The van der Waals surface area contributed by atoms with E-state index < -0.39 is 0 Å². The monoisotopic (exact) mass is 430 g/mol. The Kier molecular flexibility index (Phi) is 10.3. The van der Waals surface area contributed by atoms with Crippen LogP contribution in [0.15, 0.2) is 42.5 Å². The van der Waals surface area contributed by atoms with Crippen LogP contribution in [0.25, 0.3) is 6.08 Å². The van der Waals surface area contributed by atoms with E-state index in [4.69, 9.17) is 16.3 Å². The average Bonchev–Trinajstić information content (AvgIpc) is 2.73. The van der Waals surface area contributed by atoms with Crippen molar-refractivity contribution in [3.05, 3.63) is 58.6 Å². The molecule has 4 nitrogen and oxygen atoms in total. The highest BCUT2D eigenvalue weighted by molar-refractivity contribution is 6.32. The van der Waals surface area contributed by atoms with Gasteiger partial charge in [0.15, 0.2) is 5.78 Å². The summed E-state index contributed by atoms with van der Waals surface area (Å²) >= 11 is 5.89. The van der Waals surface area contributed by atoms with Gasteiger partial charge in [-0.25, -0.2) is 0 Å². The first kappa shape index (κ1) is 23.8. The van der Waals surface area contributed by atoms with E-state index in [9.17, 15) is 15.0 Å². The summed E-state index contributed by atoms with van der Waals surface area (Å²) in [6.07, 6.45) is 12.6. The summed E-state index contributed by atoms with van der Waals surface area (Å²) in [5, 5.41) is 19.9. The number of rotatable bonds is 13. The molecule has 2 N–H and O–H groups in total. The smallest absolute Gasteiger partial charge is 0.193 e. The molecular formula is C25H31ClO4. The summed E-state index contributed by atoms with van der Waals surface area (Å²) in [5.74, 6) is -0.0983. The Morgan fingerprint density at radius 2 is 1.67 bits per heavy atom. The molecule has 0 bridgehead atoms. The van der Waals surface area contributed by atoms with Gasteiger partial charge >= 0.3 is 0 Å². The minimum Gasteiger partial charge on any atom is -0.507 e. The van der Waals surface area contributed by atoms with Crippen molar-refractivity contribution in [2.45, 2.75) is 58.3 Å². The number of benzene rings is 2. The Balaban J connectivity index is 1.89. The fourth-order valence-corrected chi connectivity index (χ4v) is 3.38. The van der Waals surface area contributed by atoms with Crippen molar-refractivity contribution >= 4 is 23.5 Å². The summed E-state index contributed by atoms with van der Waals surface area (Å²) in [4.78, 5) is 12.7. The molecule has 0 aromatic heterocycles. The van der Waals surface area contributed by atoms with Crippen LogP contribution in [0.5, 0.6) is 17.2 Å². The molecule has 0 aliphatic carbocycles. The number of phenolic OH excluding ortho intramolecular Hbond substituents is 2. The van der Waals surface area contributed by atoms with E-state index in [-0.39, 0.29) is 27.9 Å². The van der Waals surface area contributed by atoms with Crippen molar-refractivity contribution in [3.8, 4) is 17.2 Å². The third-order valence-electron chi connectivity index (χ3n) is 4.90. The largest absolute Gasteiger partial charge is 0.507 e. The van der Waals surface area contributed by atoms with E-state index >= 15 is 0 Å². The van der Waals surface area contributed by atoms with Crippen LogP contribution in [0, 0.1) is 0 Å². The standard InChI is InChI=1S/C25H31ClO4/c1-2-3-4-5-6-7-8-9-17-30-24-12-10-11-22(28)25(24)23(29)16-14-19-13-15-21(27)20(26)18-19/h10-16,18,27-28H,2-9,17H2,1H3/b16-14+. The summed E-state index contributed by atoms with van der Waals surface area (Å²) in [7, 11) is 0. The molecule has 0 amide bonds. The van der Waals surface area contributed by atoms with Gasteiger partial charge in [-0.3, -0.25) is 4.79 Å². The molecule has 0 saturated heterocycles. The number of carbonyl (C=O) groups excluding carboxylic acids is 1. The van der Waals surface area contributed by atoms with Crippen molar-refractivity contribution in [2.75, 3.05) is 6.61 Å². The zero-order chi connectivity index (χ0) is 21.8. The van der Waals surface area contributed by atoms with Gasteiger partial charge in [-0.1, -0.05) is 81.7 Å². The van der Waals surface area contributed by atoms with Crippen molar-refractivity contribution in [1.29, 1.82) is 0 Å². The van der Waals surface area contributed by atoms with Crippen LogP contribution in [0.1, 0.15) is 74.2 Å². The number of aromatic hydroxyl groups is 2. The molecule has 30 heavy (non-hydrogen) atoms. The molecule has 0 atom stereocenters. The molecule has 0 spiro atoms. The minimum atomic E-state index is -0.358. The number of carbonyl (C=O) groups is 1. The number of hydrogen-bond acceptors (Lipinski definition) is 4. The normalized spacial score (nSPS) is 11.1. The van der Waals surface area contributed by atoms with Gasteiger partial charge in [-0.05, 0) is 42.3 Å². The number of allylic oxidation sites excluding steroid dienone is 1. The maximum atomic E-state index is 12.7. The molecule has 0 aliphatic heterocycles. The van der Waals surface area contributed by atoms with Gasteiger partial charge in [-0.15, -0.1) is 0 Å². The number of ether oxygens (including phenoxy) is 1. The van der Waals surface area contributed by atoms with Crippen LogP contribution in [0.3, 0.4) is 0 Å². The SMILES string of the molecule is CCCCCCCCCCOc1cccc(O)c1C(=O)/C=C/c1ccc(O)c(Cl)c1. The lowest BCUT2D eigenvalue weighted by Crippen LogP contribution is -2.04. The van der Waals surface area contributed by atoms with E-state index in [1.807, 2.05) is 0 Å². The predicted molar refractivity (Wildman–Crippen MR) is 123 cm³/mol. The first-order chi connectivity index (χ1) is 14.5. The summed E-state index contributed by atoms with van der Waals surface area (Å²) in [5.41, 5.74) is 0.821. The van der Waals surface area contributed by atoms with Crippen LogP contribution in [0.4, 0.5) is 0 Å². The third kappa shape index (κ3) is 7.75. The molecule has 0 fully saturated rings. The lowest BCUT2D eigenvalue weighted by molar-refractivity contribution is 0.104. The molecule has 0 unspecified atom stereocenters. The zero-order valence-electron chi connectivity index (χ0n) is 17.6. The number of hydrogen-bond donors (Lipinski definition) is 2. The Morgan fingerprint density at radius 1 is 0.967 bits per heavy atom. The molecular weight excluding hydrogens is 400 g/mol. The third-order valence-corrected chi connectivity index (χ3v) is 5.21. The van der Waals surface area contributed by atoms with Gasteiger partial charge in [-0.2, -0.15) is 0 Å². The number of phenols is 2. The Bertz CT molecular complexity index is 845. The van der Waals surface area contributed by atoms with Gasteiger partial charge in [0, 0.05) is 0 Å². The molecule has 0 aliphatic rings. The highest BCUT2D eigenvalue weighted by atomic mass is 35.5. The van der Waals surface area contributed by atoms with Crippen molar-refractivity contribution in [1.82, 2.24) is 0 Å². The van der Waals surface area contributed by atoms with Crippen LogP contribution in [-0.4, -0.2) is 22.6 Å². The molecule has 2 aromatic rings. The summed E-state index contributed by atoms with van der Waals surface area (Å²) < 4.78 is 5.80. The van der Waals surface area contributed by atoms with E-state index in [2.05, 4.69) is 6.92 Å². The van der Waals surface area contributed by atoms with Crippen LogP contribution in [-0.2, 0) is 0 Å². The highest BCUT2D eigenvalue weighted by Crippen LogP contribution is 2.29. The van der Waals surface area contributed by atoms with Crippen molar-refractivity contribution in [2.24, 2.45) is 0 Å². The molecule has 2 aromatic carbocycles. The van der Waals surface area contributed by atoms with Gasteiger partial charge < -0.3 is 14.9 Å². The Morgan fingerprint density at radius 3 is 2.37 bits per heavy atom. The second kappa shape index (κ2) is 13.0. The van der Waals surface area contributed by atoms with E-state index in [0.29, 0.717) is 17.9 Å². The zero-order valence-corrected chi connectivity index (χ0v) is 18.3. The summed E-state index contributed by atoms with van der Waals surface area (Å²) in [6, 6.07) is 9.51. The lowest BCUT2D eigenvalue weighted by Gasteiger charge is -2.11. The number of ketones is 1. The topological polar surface area (TPSA) is 66.8 Å². The number of halogens is 1. The van der Waals surface area contributed by atoms with E-state index in [1.165, 1.54) is 56.7 Å². The number of unbranched alkanes of at least 4 members (excludes halogenated alkanes) is 7. The first-order valence-corrected chi connectivity index (χ1v) is 11.1. The van der Waals surface area contributed by atoms with Gasteiger partial charge in [0.05, 0.1) is 11.6 Å². The Labute approximate surface area is 184 Å². The minimum absolute atomic E-state index is 0.0162. The fourth-order valence-electron chi connectivity index (χ4n) is 3.19. The van der Waals surface area contributed by atoms with Gasteiger partial charge in [0.1, 0.15) is 22.8 Å². The highest BCUT2D eigenvalue weighted by Gasteiger charge is 2.15.